The molecule has 0 aliphatic carbocycles. The predicted molar refractivity (Wildman–Crippen MR) is 60.0 cm³/mol. The predicted octanol–water partition coefficient (Wildman–Crippen LogP) is 1.09. The fraction of sp³-hybridized carbons (Fsp3) is 0.500. The minimum atomic E-state index is -0.189. The number of hydrogen-bond donors (Lipinski definition) is 1. The molecule has 0 amide bonds. The summed E-state index contributed by atoms with van der Waals surface area (Å²) >= 11 is 0. The smallest absolute Gasteiger partial charge is 0.322 e. The van der Waals surface area contributed by atoms with E-state index >= 15 is 0 Å². The zero-order chi connectivity index (χ0) is 11.4. The lowest BCUT2D eigenvalue weighted by Crippen LogP contribution is -2.43. The first-order chi connectivity index (χ1) is 7.81. The number of aromatic nitrogens is 1. The highest BCUT2D eigenvalue weighted by Crippen LogP contribution is 2.26. The second-order valence-corrected chi connectivity index (χ2v) is 4.01. The summed E-state index contributed by atoms with van der Waals surface area (Å²) in [7, 11) is 1.42. The maximum absolute atomic E-state index is 11.4. The quantitative estimate of drug-likeness (QED) is 0.758. The number of ether oxygens (including phenoxy) is 1. The van der Waals surface area contributed by atoms with Gasteiger partial charge >= 0.3 is 5.97 Å². The van der Waals surface area contributed by atoms with Crippen molar-refractivity contribution in [2.45, 2.75) is 24.8 Å². The molecule has 86 valence electrons. The first kappa shape index (κ1) is 11.1. The van der Waals surface area contributed by atoms with E-state index in [-0.39, 0.29) is 12.0 Å². The summed E-state index contributed by atoms with van der Waals surface area (Å²) in [5.74, 6) is 0.173. The molecule has 1 aromatic rings. The van der Waals surface area contributed by atoms with Gasteiger partial charge in [-0.3, -0.25) is 9.78 Å². The van der Waals surface area contributed by atoms with Gasteiger partial charge in [0.1, 0.15) is 6.04 Å². The van der Waals surface area contributed by atoms with Crippen molar-refractivity contribution in [2.24, 2.45) is 0 Å². The zero-order valence-corrected chi connectivity index (χ0v) is 9.35. The van der Waals surface area contributed by atoms with Crippen molar-refractivity contribution in [3.63, 3.8) is 0 Å². The second kappa shape index (κ2) is 5.07. The molecule has 0 saturated carbocycles. The maximum Gasteiger partial charge on any atom is 0.322 e. The second-order valence-electron chi connectivity index (χ2n) is 4.01. The van der Waals surface area contributed by atoms with Gasteiger partial charge in [0.2, 0.25) is 0 Å². The van der Waals surface area contributed by atoms with E-state index in [0.29, 0.717) is 5.92 Å². The fourth-order valence-corrected chi connectivity index (χ4v) is 2.13. The third-order valence-electron chi connectivity index (χ3n) is 3.00. The molecule has 0 spiro atoms. The van der Waals surface area contributed by atoms with Crippen LogP contribution in [0.3, 0.4) is 0 Å². The molecule has 16 heavy (non-hydrogen) atoms. The molecule has 2 heterocycles. The minimum Gasteiger partial charge on any atom is -0.468 e. The Morgan fingerprint density at radius 3 is 3.12 bits per heavy atom. The van der Waals surface area contributed by atoms with Gasteiger partial charge in [-0.25, -0.2) is 0 Å². The minimum absolute atomic E-state index is 0.180. The molecule has 1 N–H and O–H groups in total. The molecular formula is C12H16N2O2. The van der Waals surface area contributed by atoms with E-state index in [4.69, 9.17) is 4.74 Å². The van der Waals surface area contributed by atoms with Gasteiger partial charge in [0.25, 0.3) is 0 Å². The first-order valence-corrected chi connectivity index (χ1v) is 5.53. The number of hydrogen-bond acceptors (Lipinski definition) is 4. The van der Waals surface area contributed by atoms with Crippen molar-refractivity contribution in [1.29, 1.82) is 0 Å². The lowest BCUT2D eigenvalue weighted by Gasteiger charge is -2.28. The van der Waals surface area contributed by atoms with Crippen molar-refractivity contribution < 1.29 is 9.53 Å². The number of nitrogens with one attached hydrogen (secondary N) is 1. The first-order valence-electron chi connectivity index (χ1n) is 5.53. The van der Waals surface area contributed by atoms with Gasteiger partial charge in [-0.15, -0.1) is 0 Å². The van der Waals surface area contributed by atoms with Gasteiger partial charge in [0, 0.05) is 17.8 Å². The number of carbonyl (C=O) groups excluding carboxylic acids is 1. The van der Waals surface area contributed by atoms with E-state index in [2.05, 4.69) is 10.3 Å². The standard InChI is InChI=1S/C12H16N2O2/c1-16-12(15)11-8-9(5-7-14-11)10-4-2-3-6-13-10/h2-4,6,9,11,14H,5,7-8H2,1H3. The normalized spacial score (nSPS) is 25.1. The Morgan fingerprint density at radius 2 is 2.44 bits per heavy atom. The van der Waals surface area contributed by atoms with Crippen molar-refractivity contribution in [3.8, 4) is 0 Å². The SMILES string of the molecule is COC(=O)C1CC(c2ccccn2)CCN1. The summed E-state index contributed by atoms with van der Waals surface area (Å²) in [6, 6.07) is 5.72. The van der Waals surface area contributed by atoms with Gasteiger partial charge in [-0.2, -0.15) is 0 Å². The van der Waals surface area contributed by atoms with Crippen LogP contribution in [0.2, 0.25) is 0 Å². The van der Waals surface area contributed by atoms with Crippen LogP contribution in [0, 0.1) is 0 Å². The Kier molecular flexibility index (Phi) is 3.51. The van der Waals surface area contributed by atoms with Crippen LogP contribution in [0.1, 0.15) is 24.5 Å². The van der Waals surface area contributed by atoms with Gasteiger partial charge in [-0.1, -0.05) is 6.07 Å². The molecule has 1 fully saturated rings. The van der Waals surface area contributed by atoms with E-state index in [1.807, 2.05) is 18.2 Å². The average Bonchev–Trinajstić information content (AvgIpc) is 2.39. The van der Waals surface area contributed by atoms with Crippen LogP contribution in [0.25, 0.3) is 0 Å². The molecule has 0 bridgehead atoms. The van der Waals surface area contributed by atoms with Crippen LogP contribution < -0.4 is 5.32 Å². The van der Waals surface area contributed by atoms with Crippen molar-refractivity contribution in [2.75, 3.05) is 13.7 Å². The van der Waals surface area contributed by atoms with E-state index in [1.165, 1.54) is 7.11 Å². The Bertz CT molecular complexity index is 353. The van der Waals surface area contributed by atoms with E-state index in [9.17, 15) is 4.79 Å². The number of esters is 1. The van der Waals surface area contributed by atoms with Gasteiger partial charge in [0.15, 0.2) is 0 Å². The molecule has 1 aliphatic rings. The Labute approximate surface area is 95.0 Å². The van der Waals surface area contributed by atoms with Crippen LogP contribution in [-0.2, 0) is 9.53 Å². The Balaban J connectivity index is 2.05. The summed E-state index contributed by atoms with van der Waals surface area (Å²) in [6.45, 7) is 0.834. The molecule has 2 unspecified atom stereocenters. The monoisotopic (exact) mass is 220 g/mol. The molecule has 1 aliphatic heterocycles. The summed E-state index contributed by atoms with van der Waals surface area (Å²) < 4.78 is 4.75. The molecule has 1 saturated heterocycles. The number of nitrogens with zero attached hydrogens (tertiary/aromatic N) is 1. The Morgan fingerprint density at radius 1 is 1.56 bits per heavy atom. The van der Waals surface area contributed by atoms with Crippen molar-refractivity contribution in [3.05, 3.63) is 30.1 Å². The van der Waals surface area contributed by atoms with Crippen LogP contribution in [0.4, 0.5) is 0 Å². The summed E-state index contributed by atoms with van der Waals surface area (Å²) in [4.78, 5) is 15.8. The third-order valence-corrected chi connectivity index (χ3v) is 3.00. The van der Waals surface area contributed by atoms with Crippen molar-refractivity contribution >= 4 is 5.97 Å². The number of piperidine rings is 1. The van der Waals surface area contributed by atoms with Crippen LogP contribution >= 0.6 is 0 Å². The van der Waals surface area contributed by atoms with Crippen LogP contribution in [-0.4, -0.2) is 30.6 Å². The van der Waals surface area contributed by atoms with Crippen LogP contribution in [0.5, 0.6) is 0 Å². The highest BCUT2D eigenvalue weighted by atomic mass is 16.5. The highest BCUT2D eigenvalue weighted by molar-refractivity contribution is 5.75. The van der Waals surface area contributed by atoms with Gasteiger partial charge in [0.05, 0.1) is 7.11 Å². The topological polar surface area (TPSA) is 51.2 Å². The van der Waals surface area contributed by atoms with E-state index in [0.717, 1.165) is 25.1 Å². The lowest BCUT2D eigenvalue weighted by molar-refractivity contribution is -0.143. The molecule has 0 radical (unpaired) electrons. The molecule has 4 nitrogen and oxygen atoms in total. The molecular weight excluding hydrogens is 204 g/mol. The largest absolute Gasteiger partial charge is 0.468 e. The summed E-state index contributed by atoms with van der Waals surface area (Å²) in [5, 5.41) is 3.17. The van der Waals surface area contributed by atoms with Gasteiger partial charge < -0.3 is 10.1 Å². The van der Waals surface area contributed by atoms with Gasteiger partial charge in [-0.05, 0) is 31.5 Å². The van der Waals surface area contributed by atoms with Crippen LogP contribution in [0.15, 0.2) is 24.4 Å². The number of carbonyl (C=O) groups is 1. The molecule has 4 heteroatoms. The highest BCUT2D eigenvalue weighted by Gasteiger charge is 2.28. The molecule has 2 atom stereocenters. The number of rotatable bonds is 2. The third kappa shape index (κ3) is 2.39. The fourth-order valence-electron chi connectivity index (χ4n) is 2.13. The molecule has 1 aromatic heterocycles. The Hall–Kier alpha value is -1.42. The van der Waals surface area contributed by atoms with E-state index < -0.39 is 0 Å². The van der Waals surface area contributed by atoms with Crippen molar-refractivity contribution in [1.82, 2.24) is 10.3 Å². The average molecular weight is 220 g/mol. The number of methoxy groups -OCH3 is 1. The number of pyridine rings is 1. The lowest BCUT2D eigenvalue weighted by atomic mass is 9.89. The maximum atomic E-state index is 11.4. The zero-order valence-electron chi connectivity index (χ0n) is 9.35. The van der Waals surface area contributed by atoms with E-state index in [1.54, 1.807) is 6.20 Å². The summed E-state index contributed by atoms with van der Waals surface area (Å²) in [5.41, 5.74) is 1.07. The molecule has 2 rings (SSSR count). The molecule has 0 aromatic carbocycles. The summed E-state index contributed by atoms with van der Waals surface area (Å²) in [6.07, 6.45) is 3.58.